The van der Waals surface area contributed by atoms with Crippen LogP contribution >= 0.6 is 0 Å². The van der Waals surface area contributed by atoms with Gasteiger partial charge in [-0.15, -0.1) is 0 Å². The van der Waals surface area contributed by atoms with Crippen molar-refractivity contribution < 1.29 is 23.0 Å². The van der Waals surface area contributed by atoms with Crippen molar-refractivity contribution in [3.63, 3.8) is 0 Å². The molecule has 2 N–H and O–H groups in total. The van der Waals surface area contributed by atoms with Crippen LogP contribution in [0.2, 0.25) is 0 Å². The van der Waals surface area contributed by atoms with Gasteiger partial charge in [0.15, 0.2) is 0 Å². The number of rotatable bonds is 3. The second-order valence-electron chi connectivity index (χ2n) is 2.23. The summed E-state index contributed by atoms with van der Waals surface area (Å²) in [6.07, 6.45) is -3.92. The van der Waals surface area contributed by atoms with Crippen LogP contribution in [0.1, 0.15) is 1.43 Å². The molecule has 0 aliphatic carbocycles. The topological polar surface area (TPSA) is 60.2 Å². The minimum atomic E-state index is -4.82. The molecule has 0 aliphatic heterocycles. The van der Waals surface area contributed by atoms with Gasteiger partial charge in [-0.3, -0.25) is 0 Å². The first-order valence-electron chi connectivity index (χ1n) is 3.23. The molecule has 3 nitrogen and oxygen atoms in total. The van der Waals surface area contributed by atoms with Crippen molar-refractivity contribution in [1.82, 2.24) is 0 Å². The lowest BCUT2D eigenvalue weighted by Crippen LogP contribution is -2.20. The second-order valence-corrected chi connectivity index (χ2v) is 3.76. The Kier molecular flexibility index (Phi) is 3.66. The van der Waals surface area contributed by atoms with Crippen LogP contribution in [0, 0.1) is 0 Å². The number of alkyl halides is 3. The SMILES string of the molecule is C=CC(=C(C=C)S(N)(=O)=O)C(F)(F)F.[HH]. The summed E-state index contributed by atoms with van der Waals surface area (Å²) in [5.74, 6) is 0. The Morgan fingerprint density at radius 1 is 1.29 bits per heavy atom. The molecule has 0 aromatic carbocycles. The fourth-order valence-corrected chi connectivity index (χ4v) is 1.47. The average molecular weight is 229 g/mol. The number of hydrogen-bond donors (Lipinski definition) is 1. The molecule has 0 amide bonds. The van der Waals surface area contributed by atoms with E-state index in [2.05, 4.69) is 18.3 Å². The third-order valence-electron chi connectivity index (χ3n) is 1.27. The molecule has 0 saturated heterocycles. The normalized spacial score (nSPS) is 14.6. The Hall–Kier alpha value is -1.08. The zero-order valence-electron chi connectivity index (χ0n) is 7.00. The molecule has 0 atom stereocenters. The summed E-state index contributed by atoms with van der Waals surface area (Å²) in [6.45, 7) is 5.81. The van der Waals surface area contributed by atoms with Gasteiger partial charge in [0.1, 0.15) is 0 Å². The molecule has 14 heavy (non-hydrogen) atoms. The van der Waals surface area contributed by atoms with E-state index in [4.69, 9.17) is 0 Å². The summed E-state index contributed by atoms with van der Waals surface area (Å²) in [4.78, 5) is -1.08. The molecule has 0 radical (unpaired) electrons. The summed E-state index contributed by atoms with van der Waals surface area (Å²) in [5, 5.41) is 4.56. The molecule has 0 bridgehead atoms. The van der Waals surface area contributed by atoms with Gasteiger partial charge in [-0.05, 0) is 6.08 Å². The standard InChI is InChI=1S/C7H8F3NO2S.H2/c1-3-5(7(8,9)10)6(4-2)14(11,12)13;/h3-4H,1-2H2,(H2,11,12,13);1H. The third-order valence-corrected chi connectivity index (χ3v) is 2.27. The van der Waals surface area contributed by atoms with E-state index in [9.17, 15) is 21.6 Å². The summed E-state index contributed by atoms with van der Waals surface area (Å²) >= 11 is 0. The number of nitrogens with two attached hydrogens (primary N) is 1. The quantitative estimate of drug-likeness (QED) is 0.749. The number of halogens is 3. The first-order chi connectivity index (χ1) is 6.14. The van der Waals surface area contributed by atoms with Gasteiger partial charge in [-0.1, -0.05) is 19.2 Å². The smallest absolute Gasteiger partial charge is 0.225 e. The highest BCUT2D eigenvalue weighted by Crippen LogP contribution is 2.30. The Bertz CT molecular complexity index is 384. The highest BCUT2D eigenvalue weighted by atomic mass is 32.2. The third kappa shape index (κ3) is 3.00. The van der Waals surface area contributed by atoms with Gasteiger partial charge in [0.2, 0.25) is 10.0 Å². The zero-order chi connectivity index (χ0) is 11.6. The molecule has 82 valence electrons. The van der Waals surface area contributed by atoms with Crippen molar-refractivity contribution in [3.8, 4) is 0 Å². The van der Waals surface area contributed by atoms with Crippen LogP contribution in [-0.2, 0) is 10.0 Å². The van der Waals surface area contributed by atoms with Crippen LogP contribution < -0.4 is 5.14 Å². The van der Waals surface area contributed by atoms with Crippen molar-refractivity contribution in [2.24, 2.45) is 5.14 Å². The minimum Gasteiger partial charge on any atom is -0.225 e. The van der Waals surface area contributed by atoms with Crippen LogP contribution in [0.3, 0.4) is 0 Å². The van der Waals surface area contributed by atoms with Crippen LogP contribution in [0.25, 0.3) is 0 Å². The van der Waals surface area contributed by atoms with Gasteiger partial charge in [0.25, 0.3) is 0 Å². The fourth-order valence-electron chi connectivity index (χ4n) is 0.735. The van der Waals surface area contributed by atoms with Crippen molar-refractivity contribution in [2.75, 3.05) is 0 Å². The van der Waals surface area contributed by atoms with Crippen LogP contribution in [0.5, 0.6) is 0 Å². The molecule has 0 aliphatic rings. The highest BCUT2D eigenvalue weighted by Gasteiger charge is 2.36. The predicted octanol–water partition coefficient (Wildman–Crippen LogP) is 1.71. The van der Waals surface area contributed by atoms with Crippen molar-refractivity contribution >= 4 is 10.0 Å². The summed E-state index contributed by atoms with van der Waals surface area (Å²) < 4.78 is 58.0. The lowest BCUT2D eigenvalue weighted by molar-refractivity contribution is -0.0884. The van der Waals surface area contributed by atoms with Crippen LogP contribution in [-0.4, -0.2) is 14.6 Å². The molecule has 0 saturated carbocycles. The molecule has 0 rings (SSSR count). The molecule has 0 aromatic rings. The van der Waals surface area contributed by atoms with Gasteiger partial charge in [0.05, 0.1) is 10.5 Å². The Balaban J connectivity index is 0. The monoisotopic (exact) mass is 229 g/mol. The van der Waals surface area contributed by atoms with Gasteiger partial charge in [-0.25, -0.2) is 13.6 Å². The number of hydrogen-bond acceptors (Lipinski definition) is 2. The van der Waals surface area contributed by atoms with E-state index in [0.717, 1.165) is 0 Å². The minimum absolute atomic E-state index is 0. The maximum Gasteiger partial charge on any atom is 0.417 e. The maximum absolute atomic E-state index is 12.2. The first-order valence-corrected chi connectivity index (χ1v) is 4.78. The first kappa shape index (κ1) is 12.9. The Labute approximate surface area is 80.9 Å². The van der Waals surface area contributed by atoms with Crippen molar-refractivity contribution in [3.05, 3.63) is 35.8 Å². The zero-order valence-corrected chi connectivity index (χ0v) is 7.82. The molecule has 0 heterocycles. The molecule has 0 fully saturated rings. The number of allylic oxidation sites excluding steroid dienone is 3. The second kappa shape index (κ2) is 3.97. The molecule has 0 spiro atoms. The van der Waals surface area contributed by atoms with E-state index < -0.39 is 26.7 Å². The Morgan fingerprint density at radius 3 is 1.79 bits per heavy atom. The van der Waals surface area contributed by atoms with Crippen LogP contribution in [0.15, 0.2) is 35.8 Å². The molecular weight excluding hydrogens is 219 g/mol. The van der Waals surface area contributed by atoms with E-state index >= 15 is 0 Å². The largest absolute Gasteiger partial charge is 0.417 e. The molecular formula is C7H10F3NO2S. The summed E-state index contributed by atoms with van der Waals surface area (Å²) in [7, 11) is -4.44. The fraction of sp³-hybridized carbons (Fsp3) is 0.143. The lowest BCUT2D eigenvalue weighted by atomic mass is 10.2. The molecule has 7 heteroatoms. The Morgan fingerprint density at radius 2 is 1.71 bits per heavy atom. The van der Waals surface area contributed by atoms with E-state index in [1.165, 1.54) is 0 Å². The van der Waals surface area contributed by atoms with Crippen LogP contribution in [0.4, 0.5) is 13.2 Å². The predicted molar refractivity (Wildman–Crippen MR) is 48.7 cm³/mol. The number of sulfonamides is 1. The van der Waals surface area contributed by atoms with E-state index in [1.807, 2.05) is 0 Å². The van der Waals surface area contributed by atoms with E-state index in [-0.39, 0.29) is 1.43 Å². The van der Waals surface area contributed by atoms with E-state index in [0.29, 0.717) is 12.2 Å². The summed E-state index contributed by atoms with van der Waals surface area (Å²) in [6, 6.07) is 0. The maximum atomic E-state index is 12.2. The van der Waals surface area contributed by atoms with Crippen molar-refractivity contribution in [1.29, 1.82) is 0 Å². The lowest BCUT2D eigenvalue weighted by Gasteiger charge is -2.10. The van der Waals surface area contributed by atoms with Crippen molar-refractivity contribution in [2.45, 2.75) is 6.18 Å². The molecule has 0 unspecified atom stereocenters. The highest BCUT2D eigenvalue weighted by molar-refractivity contribution is 7.93. The van der Waals surface area contributed by atoms with Gasteiger partial charge in [-0.2, -0.15) is 13.2 Å². The molecule has 0 aromatic heterocycles. The average Bonchev–Trinajstić information content (AvgIpc) is 1.94. The summed E-state index contributed by atoms with van der Waals surface area (Å²) in [5.41, 5.74) is -1.42. The van der Waals surface area contributed by atoms with Gasteiger partial charge >= 0.3 is 6.18 Å². The van der Waals surface area contributed by atoms with Gasteiger partial charge < -0.3 is 0 Å². The van der Waals surface area contributed by atoms with Gasteiger partial charge in [0, 0.05) is 1.43 Å². The van der Waals surface area contributed by atoms with E-state index in [1.54, 1.807) is 0 Å². The number of primary sulfonamides is 1.